The zero-order valence-corrected chi connectivity index (χ0v) is 16.9. The molecule has 1 aromatic carbocycles. The van der Waals surface area contributed by atoms with Crippen LogP contribution in [0.4, 0.5) is 0 Å². The lowest BCUT2D eigenvalue weighted by atomic mass is 10.2. The van der Waals surface area contributed by atoms with Crippen LogP contribution >= 0.6 is 11.8 Å². The van der Waals surface area contributed by atoms with Gasteiger partial charge in [-0.15, -0.1) is 10.2 Å². The van der Waals surface area contributed by atoms with Crippen molar-refractivity contribution in [3.05, 3.63) is 35.7 Å². The van der Waals surface area contributed by atoms with Crippen molar-refractivity contribution in [3.63, 3.8) is 0 Å². The van der Waals surface area contributed by atoms with Crippen molar-refractivity contribution in [2.45, 2.75) is 56.6 Å². The number of carbonyl (C=O) groups is 1. The fourth-order valence-corrected chi connectivity index (χ4v) is 4.14. The molecule has 0 aliphatic heterocycles. The van der Waals surface area contributed by atoms with Gasteiger partial charge in [0.15, 0.2) is 5.16 Å². The number of benzene rings is 1. The van der Waals surface area contributed by atoms with Crippen molar-refractivity contribution in [2.75, 3.05) is 19.4 Å². The van der Waals surface area contributed by atoms with Gasteiger partial charge in [-0.1, -0.05) is 24.6 Å². The van der Waals surface area contributed by atoms with Gasteiger partial charge in [0.2, 0.25) is 0 Å². The van der Waals surface area contributed by atoms with Crippen LogP contribution in [0.5, 0.6) is 5.75 Å². The van der Waals surface area contributed by atoms with E-state index in [2.05, 4.69) is 26.3 Å². The highest BCUT2D eigenvalue weighted by Gasteiger charge is 2.23. The number of thioether (sulfide) groups is 1. The van der Waals surface area contributed by atoms with Crippen LogP contribution in [0, 0.1) is 0 Å². The molecule has 27 heavy (non-hydrogen) atoms. The van der Waals surface area contributed by atoms with Crippen LogP contribution in [0.15, 0.2) is 29.4 Å². The lowest BCUT2D eigenvalue weighted by Crippen LogP contribution is -2.25. The molecule has 6 nitrogen and oxygen atoms in total. The van der Waals surface area contributed by atoms with Crippen LogP contribution in [0.2, 0.25) is 0 Å². The Morgan fingerprint density at radius 3 is 2.67 bits per heavy atom. The fraction of sp³-hybridized carbons (Fsp3) is 0.550. The van der Waals surface area contributed by atoms with Gasteiger partial charge in [-0.2, -0.15) is 0 Å². The minimum Gasteiger partial charge on any atom is -0.494 e. The summed E-state index contributed by atoms with van der Waals surface area (Å²) in [6, 6.07) is 7.78. The van der Waals surface area contributed by atoms with E-state index in [9.17, 15) is 4.79 Å². The molecule has 0 spiro atoms. The highest BCUT2D eigenvalue weighted by atomic mass is 32.2. The maximum Gasteiger partial charge on any atom is 0.251 e. The van der Waals surface area contributed by atoms with Crippen molar-refractivity contribution in [1.82, 2.24) is 20.1 Å². The first kappa shape index (κ1) is 19.7. The summed E-state index contributed by atoms with van der Waals surface area (Å²) in [5, 5.41) is 12.7. The molecule has 0 radical (unpaired) electrons. The van der Waals surface area contributed by atoms with Gasteiger partial charge in [0, 0.05) is 24.6 Å². The molecule has 1 fully saturated rings. The Morgan fingerprint density at radius 1 is 1.26 bits per heavy atom. The molecular weight excluding hydrogens is 360 g/mol. The number of carbonyl (C=O) groups excluding carboxylic acids is 1. The summed E-state index contributed by atoms with van der Waals surface area (Å²) < 4.78 is 7.73. The Balaban J connectivity index is 1.50. The molecule has 1 aliphatic carbocycles. The number of hydrogen-bond donors (Lipinski definition) is 1. The Labute approximate surface area is 165 Å². The largest absolute Gasteiger partial charge is 0.494 e. The second kappa shape index (κ2) is 9.78. The minimum absolute atomic E-state index is 0.0555. The standard InChI is InChI=1S/C20H28N4O2S/c1-3-26-17-12-10-15(11-13-17)19(25)21-14-6-9-18-22-23-20(27-2)24(18)16-7-4-5-8-16/h10-13,16H,3-9,14H2,1-2H3,(H,21,25). The lowest BCUT2D eigenvalue weighted by molar-refractivity contribution is 0.0953. The molecule has 0 bridgehead atoms. The number of aromatic nitrogens is 3. The summed E-state index contributed by atoms with van der Waals surface area (Å²) in [5.41, 5.74) is 0.650. The number of hydrogen-bond acceptors (Lipinski definition) is 5. The van der Waals surface area contributed by atoms with Crippen molar-refractivity contribution in [1.29, 1.82) is 0 Å². The third kappa shape index (κ3) is 5.03. The maximum atomic E-state index is 12.3. The fourth-order valence-electron chi connectivity index (χ4n) is 3.57. The normalized spacial score (nSPS) is 14.4. The van der Waals surface area contributed by atoms with Crippen LogP contribution < -0.4 is 10.1 Å². The Kier molecular flexibility index (Phi) is 7.15. The molecule has 0 saturated heterocycles. The SMILES string of the molecule is CCOc1ccc(C(=O)NCCCc2nnc(SC)n2C2CCCC2)cc1. The van der Waals surface area contributed by atoms with E-state index in [0.29, 0.717) is 24.8 Å². The molecule has 0 atom stereocenters. The number of nitrogens with one attached hydrogen (secondary N) is 1. The van der Waals surface area contributed by atoms with E-state index < -0.39 is 0 Å². The summed E-state index contributed by atoms with van der Waals surface area (Å²) in [4.78, 5) is 12.3. The summed E-state index contributed by atoms with van der Waals surface area (Å²) in [6.07, 6.45) is 8.73. The molecule has 1 saturated carbocycles. The zero-order valence-electron chi connectivity index (χ0n) is 16.1. The highest BCUT2D eigenvalue weighted by molar-refractivity contribution is 7.98. The van der Waals surface area contributed by atoms with E-state index in [4.69, 9.17) is 4.74 Å². The predicted octanol–water partition coefficient (Wildman–Crippen LogP) is 3.88. The first-order valence-electron chi connectivity index (χ1n) is 9.71. The van der Waals surface area contributed by atoms with Crippen LogP contribution in [0.3, 0.4) is 0 Å². The van der Waals surface area contributed by atoms with Crippen molar-refractivity contribution in [3.8, 4) is 5.75 Å². The molecule has 146 valence electrons. The summed E-state index contributed by atoms with van der Waals surface area (Å²) >= 11 is 1.66. The molecule has 7 heteroatoms. The molecule has 1 N–H and O–H groups in total. The molecule has 1 amide bonds. The van der Waals surface area contributed by atoms with Crippen molar-refractivity contribution >= 4 is 17.7 Å². The summed E-state index contributed by atoms with van der Waals surface area (Å²) in [5.74, 6) is 1.77. The quantitative estimate of drug-likeness (QED) is 0.521. The molecule has 3 rings (SSSR count). The van der Waals surface area contributed by atoms with E-state index >= 15 is 0 Å². The number of rotatable bonds is 9. The number of ether oxygens (including phenoxy) is 1. The van der Waals surface area contributed by atoms with Gasteiger partial charge in [-0.05, 0) is 56.7 Å². The molecule has 1 aromatic heterocycles. The van der Waals surface area contributed by atoms with Crippen molar-refractivity contribution < 1.29 is 9.53 Å². The molecule has 1 aliphatic rings. The van der Waals surface area contributed by atoms with Crippen LogP contribution in [-0.2, 0) is 6.42 Å². The van der Waals surface area contributed by atoms with Gasteiger partial charge >= 0.3 is 0 Å². The lowest BCUT2D eigenvalue weighted by Gasteiger charge is -2.16. The smallest absolute Gasteiger partial charge is 0.251 e. The van der Waals surface area contributed by atoms with Crippen LogP contribution in [0.25, 0.3) is 0 Å². The maximum absolute atomic E-state index is 12.3. The van der Waals surface area contributed by atoms with Gasteiger partial charge in [0.25, 0.3) is 5.91 Å². The summed E-state index contributed by atoms with van der Waals surface area (Å²) in [6.45, 7) is 3.18. The van der Waals surface area contributed by atoms with Gasteiger partial charge in [-0.25, -0.2) is 0 Å². The van der Waals surface area contributed by atoms with Crippen LogP contribution in [0.1, 0.15) is 61.3 Å². The van der Waals surface area contributed by atoms with E-state index in [1.807, 2.05) is 19.1 Å². The van der Waals surface area contributed by atoms with Gasteiger partial charge in [0.05, 0.1) is 6.61 Å². The molecule has 2 aromatic rings. The topological polar surface area (TPSA) is 69.0 Å². The third-order valence-corrected chi connectivity index (χ3v) is 5.54. The Bertz CT molecular complexity index is 739. The van der Waals surface area contributed by atoms with Crippen molar-refractivity contribution in [2.24, 2.45) is 0 Å². The van der Waals surface area contributed by atoms with Gasteiger partial charge in [0.1, 0.15) is 11.6 Å². The second-order valence-corrected chi connectivity index (χ2v) is 7.50. The zero-order chi connectivity index (χ0) is 19.1. The van der Waals surface area contributed by atoms with Gasteiger partial charge in [-0.3, -0.25) is 4.79 Å². The Morgan fingerprint density at radius 2 is 2.00 bits per heavy atom. The van der Waals surface area contributed by atoms with E-state index in [1.54, 1.807) is 23.9 Å². The monoisotopic (exact) mass is 388 g/mol. The first-order valence-corrected chi connectivity index (χ1v) is 10.9. The second-order valence-electron chi connectivity index (χ2n) is 6.73. The Hall–Kier alpha value is -2.02. The first-order chi connectivity index (χ1) is 13.2. The number of amides is 1. The number of aryl methyl sites for hydroxylation is 1. The average Bonchev–Trinajstić information content (AvgIpc) is 3.35. The van der Waals surface area contributed by atoms with Gasteiger partial charge < -0.3 is 14.6 Å². The molecule has 0 unspecified atom stereocenters. The minimum atomic E-state index is -0.0555. The van der Waals surface area contributed by atoms with E-state index in [0.717, 1.165) is 29.6 Å². The third-order valence-electron chi connectivity index (χ3n) is 4.90. The van der Waals surface area contributed by atoms with E-state index in [-0.39, 0.29) is 5.91 Å². The molecule has 1 heterocycles. The molecular formula is C20H28N4O2S. The predicted molar refractivity (Wildman–Crippen MR) is 108 cm³/mol. The highest BCUT2D eigenvalue weighted by Crippen LogP contribution is 2.33. The summed E-state index contributed by atoms with van der Waals surface area (Å²) in [7, 11) is 0. The average molecular weight is 389 g/mol. The van der Waals surface area contributed by atoms with Crippen LogP contribution in [-0.4, -0.2) is 40.1 Å². The number of nitrogens with zero attached hydrogens (tertiary/aromatic N) is 3. The van der Waals surface area contributed by atoms with E-state index in [1.165, 1.54) is 25.7 Å².